The van der Waals surface area contributed by atoms with E-state index in [1.165, 1.54) is 0 Å². The number of rotatable bonds is 5. The highest BCUT2D eigenvalue weighted by atomic mass is 19.3. The van der Waals surface area contributed by atoms with Crippen LogP contribution in [-0.4, -0.2) is 25.0 Å². The van der Waals surface area contributed by atoms with E-state index in [-0.39, 0.29) is 17.9 Å². The summed E-state index contributed by atoms with van der Waals surface area (Å²) in [5.74, 6) is 0.203. The molecule has 21 heavy (non-hydrogen) atoms. The van der Waals surface area contributed by atoms with Gasteiger partial charge in [0.25, 0.3) is 6.43 Å². The smallest absolute Gasteiger partial charge is 0.272 e. The van der Waals surface area contributed by atoms with Gasteiger partial charge in [-0.25, -0.2) is 8.78 Å². The molecule has 6 heteroatoms. The number of aryl methyl sites for hydroxylation is 1. The van der Waals surface area contributed by atoms with Crippen LogP contribution < -0.4 is 15.8 Å². The van der Waals surface area contributed by atoms with Gasteiger partial charge >= 0.3 is 0 Å². The Morgan fingerprint density at radius 1 is 1.48 bits per heavy atom. The standard InChI is InChI=1S/C15H20F2N2O2/c1-9-2-5-12(7-13(9)21-8-14(16)17)19-15(20)10-3-4-11(18)6-10/h2,5,7,10-11,14H,3-4,6,8,18H2,1H3,(H,19,20). The summed E-state index contributed by atoms with van der Waals surface area (Å²) >= 11 is 0. The van der Waals surface area contributed by atoms with E-state index >= 15 is 0 Å². The van der Waals surface area contributed by atoms with Crippen molar-refractivity contribution in [3.05, 3.63) is 23.8 Å². The number of anilines is 1. The van der Waals surface area contributed by atoms with E-state index in [0.29, 0.717) is 17.9 Å². The number of halogens is 2. The maximum absolute atomic E-state index is 12.2. The maximum Gasteiger partial charge on any atom is 0.272 e. The summed E-state index contributed by atoms with van der Waals surface area (Å²) in [6, 6.07) is 5.13. The van der Waals surface area contributed by atoms with Crippen LogP contribution >= 0.6 is 0 Å². The number of alkyl halides is 2. The third-order valence-electron chi connectivity index (χ3n) is 3.66. The molecule has 0 spiro atoms. The van der Waals surface area contributed by atoms with Crippen molar-refractivity contribution < 1.29 is 18.3 Å². The normalized spacial score (nSPS) is 21.6. The SMILES string of the molecule is Cc1ccc(NC(=O)C2CCC(N)C2)cc1OCC(F)F. The van der Waals surface area contributed by atoms with Crippen molar-refractivity contribution in [3.8, 4) is 5.75 Å². The lowest BCUT2D eigenvalue weighted by atomic mass is 10.1. The Labute approximate surface area is 122 Å². The Morgan fingerprint density at radius 2 is 2.24 bits per heavy atom. The Kier molecular flexibility index (Phi) is 5.12. The van der Waals surface area contributed by atoms with Crippen molar-refractivity contribution in [2.24, 2.45) is 11.7 Å². The molecule has 1 aliphatic rings. The lowest BCUT2D eigenvalue weighted by Gasteiger charge is -2.13. The molecule has 1 amide bonds. The van der Waals surface area contributed by atoms with Gasteiger partial charge in [0, 0.05) is 23.7 Å². The molecule has 2 atom stereocenters. The molecule has 2 unspecified atom stereocenters. The zero-order valence-electron chi connectivity index (χ0n) is 11.9. The number of ether oxygens (including phenoxy) is 1. The second-order valence-corrected chi connectivity index (χ2v) is 5.44. The van der Waals surface area contributed by atoms with Crippen LogP contribution in [0.2, 0.25) is 0 Å². The van der Waals surface area contributed by atoms with Crippen LogP contribution in [0.4, 0.5) is 14.5 Å². The Bertz CT molecular complexity index is 508. The molecule has 0 bridgehead atoms. The lowest BCUT2D eigenvalue weighted by Crippen LogP contribution is -2.23. The summed E-state index contributed by atoms with van der Waals surface area (Å²) in [5.41, 5.74) is 7.10. The van der Waals surface area contributed by atoms with Crippen LogP contribution in [0.5, 0.6) is 5.75 Å². The minimum absolute atomic E-state index is 0.0771. The fraction of sp³-hybridized carbons (Fsp3) is 0.533. The maximum atomic E-state index is 12.2. The quantitative estimate of drug-likeness (QED) is 0.878. The van der Waals surface area contributed by atoms with Crippen molar-refractivity contribution in [3.63, 3.8) is 0 Å². The Balaban J connectivity index is 1.99. The molecule has 1 aliphatic carbocycles. The number of carbonyl (C=O) groups excluding carboxylic acids is 1. The number of hydrogen-bond acceptors (Lipinski definition) is 3. The van der Waals surface area contributed by atoms with Gasteiger partial charge in [0.05, 0.1) is 0 Å². The summed E-state index contributed by atoms with van der Waals surface area (Å²) in [6.07, 6.45) is -0.197. The topological polar surface area (TPSA) is 64.4 Å². The highest BCUT2D eigenvalue weighted by Crippen LogP contribution is 2.27. The minimum atomic E-state index is -2.53. The van der Waals surface area contributed by atoms with Gasteiger partial charge < -0.3 is 15.8 Å². The van der Waals surface area contributed by atoms with Gasteiger partial charge in [0.2, 0.25) is 5.91 Å². The van der Waals surface area contributed by atoms with Gasteiger partial charge in [-0.1, -0.05) is 6.07 Å². The van der Waals surface area contributed by atoms with E-state index in [0.717, 1.165) is 18.4 Å². The van der Waals surface area contributed by atoms with Crippen molar-refractivity contribution in [1.29, 1.82) is 0 Å². The van der Waals surface area contributed by atoms with Crippen LogP contribution in [0.25, 0.3) is 0 Å². The summed E-state index contributed by atoms with van der Waals surface area (Å²) in [6.45, 7) is 1.11. The van der Waals surface area contributed by atoms with Crippen molar-refractivity contribution in [2.75, 3.05) is 11.9 Å². The van der Waals surface area contributed by atoms with Crippen molar-refractivity contribution in [2.45, 2.75) is 38.7 Å². The van der Waals surface area contributed by atoms with E-state index in [1.807, 2.05) is 0 Å². The van der Waals surface area contributed by atoms with Crippen LogP contribution in [-0.2, 0) is 4.79 Å². The summed E-state index contributed by atoms with van der Waals surface area (Å²) in [7, 11) is 0. The molecular weight excluding hydrogens is 278 g/mol. The van der Waals surface area contributed by atoms with E-state index in [1.54, 1.807) is 25.1 Å². The predicted molar refractivity (Wildman–Crippen MR) is 76.6 cm³/mol. The number of nitrogens with one attached hydrogen (secondary N) is 1. The molecule has 3 N–H and O–H groups in total. The monoisotopic (exact) mass is 298 g/mol. The molecule has 1 saturated carbocycles. The molecule has 0 heterocycles. The van der Waals surface area contributed by atoms with Crippen LogP contribution in [0.3, 0.4) is 0 Å². The van der Waals surface area contributed by atoms with Gasteiger partial charge in [0.1, 0.15) is 12.4 Å². The molecule has 0 radical (unpaired) electrons. The molecule has 1 fully saturated rings. The first-order valence-electron chi connectivity index (χ1n) is 7.03. The fourth-order valence-corrected chi connectivity index (χ4v) is 2.48. The Hall–Kier alpha value is -1.69. The largest absolute Gasteiger partial charge is 0.487 e. The molecule has 0 saturated heterocycles. The van der Waals surface area contributed by atoms with Crippen molar-refractivity contribution in [1.82, 2.24) is 0 Å². The first-order chi connectivity index (χ1) is 9.95. The predicted octanol–water partition coefficient (Wildman–Crippen LogP) is 2.70. The lowest BCUT2D eigenvalue weighted by molar-refractivity contribution is -0.119. The number of benzene rings is 1. The fourth-order valence-electron chi connectivity index (χ4n) is 2.48. The van der Waals surface area contributed by atoms with Crippen LogP contribution in [0.15, 0.2) is 18.2 Å². The second kappa shape index (κ2) is 6.85. The molecule has 0 aromatic heterocycles. The molecule has 1 aromatic rings. The zero-order chi connectivity index (χ0) is 15.4. The highest BCUT2D eigenvalue weighted by molar-refractivity contribution is 5.93. The van der Waals surface area contributed by atoms with Gasteiger partial charge in [-0.05, 0) is 37.8 Å². The van der Waals surface area contributed by atoms with Gasteiger partial charge in [0.15, 0.2) is 0 Å². The molecule has 1 aromatic carbocycles. The molecule has 0 aliphatic heterocycles. The number of hydrogen-bond donors (Lipinski definition) is 2. The van der Waals surface area contributed by atoms with E-state index in [2.05, 4.69) is 5.32 Å². The summed E-state index contributed by atoms with van der Waals surface area (Å²) < 4.78 is 29.4. The molecule has 2 rings (SSSR count). The number of amides is 1. The van der Waals surface area contributed by atoms with Gasteiger partial charge in [-0.2, -0.15) is 0 Å². The number of carbonyl (C=O) groups is 1. The zero-order valence-corrected chi connectivity index (χ0v) is 11.9. The van der Waals surface area contributed by atoms with E-state index in [9.17, 15) is 13.6 Å². The first-order valence-corrected chi connectivity index (χ1v) is 7.03. The van der Waals surface area contributed by atoms with Gasteiger partial charge in [-0.3, -0.25) is 4.79 Å². The molecular formula is C15H20F2N2O2. The molecule has 4 nitrogen and oxygen atoms in total. The van der Waals surface area contributed by atoms with Crippen molar-refractivity contribution >= 4 is 11.6 Å². The average molecular weight is 298 g/mol. The minimum Gasteiger partial charge on any atom is -0.487 e. The number of nitrogens with two attached hydrogens (primary N) is 1. The first kappa shape index (κ1) is 15.7. The highest BCUT2D eigenvalue weighted by Gasteiger charge is 2.27. The van der Waals surface area contributed by atoms with E-state index < -0.39 is 13.0 Å². The average Bonchev–Trinajstić information content (AvgIpc) is 2.86. The summed E-state index contributed by atoms with van der Waals surface area (Å²) in [4.78, 5) is 12.1. The summed E-state index contributed by atoms with van der Waals surface area (Å²) in [5, 5.41) is 2.80. The van der Waals surface area contributed by atoms with Crippen LogP contribution in [0, 0.1) is 12.8 Å². The third-order valence-corrected chi connectivity index (χ3v) is 3.66. The third kappa shape index (κ3) is 4.39. The Morgan fingerprint density at radius 3 is 2.86 bits per heavy atom. The van der Waals surface area contributed by atoms with Gasteiger partial charge in [-0.15, -0.1) is 0 Å². The second-order valence-electron chi connectivity index (χ2n) is 5.44. The van der Waals surface area contributed by atoms with Crippen LogP contribution in [0.1, 0.15) is 24.8 Å². The van der Waals surface area contributed by atoms with E-state index in [4.69, 9.17) is 10.5 Å². The molecule has 116 valence electrons.